The number of amides is 1. The highest BCUT2D eigenvalue weighted by atomic mass is 16.7. The van der Waals surface area contributed by atoms with Crippen LogP contribution in [0.25, 0.3) is 0 Å². The summed E-state index contributed by atoms with van der Waals surface area (Å²) in [5.74, 6) is -0.190. The lowest BCUT2D eigenvalue weighted by molar-refractivity contribution is -0.302. The van der Waals surface area contributed by atoms with Gasteiger partial charge in [-0.15, -0.1) is 0 Å². The predicted octanol–water partition coefficient (Wildman–Crippen LogP) is 18.5. The summed E-state index contributed by atoms with van der Waals surface area (Å²) < 4.78 is 16.7. The van der Waals surface area contributed by atoms with Gasteiger partial charge in [0.2, 0.25) is 5.91 Å². The molecule has 1 heterocycles. The van der Waals surface area contributed by atoms with Crippen LogP contribution in [-0.2, 0) is 23.8 Å². The molecule has 0 radical (unpaired) electrons. The van der Waals surface area contributed by atoms with Gasteiger partial charge in [0.1, 0.15) is 24.4 Å². The average molecular weight is 1200 g/mol. The van der Waals surface area contributed by atoms with Crippen molar-refractivity contribution in [1.29, 1.82) is 0 Å². The quantitative estimate of drug-likeness (QED) is 0.0195. The molecule has 0 spiro atoms. The molecule has 11 heteroatoms. The molecule has 7 atom stereocenters. The first-order valence-electron chi connectivity index (χ1n) is 36.1. The summed E-state index contributed by atoms with van der Waals surface area (Å²) in [6.45, 7) is 4.26. The van der Waals surface area contributed by atoms with Crippen LogP contribution >= 0.6 is 0 Å². The number of unbranched alkanes of at least 4 members (excludes halogenated alkanes) is 41. The van der Waals surface area contributed by atoms with Crippen LogP contribution < -0.4 is 5.32 Å². The molecule has 0 bridgehead atoms. The summed E-state index contributed by atoms with van der Waals surface area (Å²) in [6.07, 6.45) is 74.0. The largest absolute Gasteiger partial charge is 0.466 e. The van der Waals surface area contributed by atoms with Crippen molar-refractivity contribution in [2.24, 2.45) is 0 Å². The molecule has 1 aliphatic heterocycles. The van der Waals surface area contributed by atoms with Gasteiger partial charge in [0.15, 0.2) is 6.29 Å². The molecule has 0 aliphatic carbocycles. The van der Waals surface area contributed by atoms with E-state index in [0.717, 1.165) is 64.2 Å². The van der Waals surface area contributed by atoms with E-state index >= 15 is 0 Å². The number of rotatable bonds is 63. The van der Waals surface area contributed by atoms with Gasteiger partial charge in [-0.3, -0.25) is 9.59 Å². The molecule has 11 nitrogen and oxygen atoms in total. The highest BCUT2D eigenvalue weighted by molar-refractivity contribution is 5.76. The van der Waals surface area contributed by atoms with Crippen LogP contribution in [0.1, 0.15) is 335 Å². The number of carbonyl (C=O) groups is 2. The zero-order valence-electron chi connectivity index (χ0n) is 55.1. The van der Waals surface area contributed by atoms with E-state index < -0.39 is 49.5 Å². The maximum Gasteiger partial charge on any atom is 0.305 e. The van der Waals surface area contributed by atoms with Gasteiger partial charge in [-0.05, 0) is 96.3 Å². The van der Waals surface area contributed by atoms with Crippen LogP contribution in [0.15, 0.2) is 60.8 Å². The Bertz CT molecular complexity index is 1600. The highest BCUT2D eigenvalue weighted by Gasteiger charge is 2.44. The lowest BCUT2D eigenvalue weighted by atomic mass is 9.99. The monoisotopic (exact) mass is 1200 g/mol. The third kappa shape index (κ3) is 51.9. The molecule has 0 saturated carbocycles. The van der Waals surface area contributed by atoms with Gasteiger partial charge in [0, 0.05) is 12.8 Å². The van der Waals surface area contributed by atoms with Crippen LogP contribution in [-0.4, -0.2) is 100 Å². The molecule has 1 rings (SSSR count). The van der Waals surface area contributed by atoms with Crippen LogP contribution in [0.2, 0.25) is 0 Å². The molecule has 0 aromatic carbocycles. The molecule has 496 valence electrons. The van der Waals surface area contributed by atoms with Gasteiger partial charge in [-0.2, -0.15) is 0 Å². The number of aliphatic hydroxyl groups excluding tert-OH is 5. The lowest BCUT2D eigenvalue weighted by Crippen LogP contribution is -2.60. The van der Waals surface area contributed by atoms with Crippen molar-refractivity contribution in [3.05, 3.63) is 60.8 Å². The average Bonchev–Trinajstić information content (AvgIpc) is 3.31. The Morgan fingerprint density at radius 3 is 1.27 bits per heavy atom. The topological polar surface area (TPSA) is 175 Å². The number of hydrogen-bond donors (Lipinski definition) is 6. The molecular formula is C74H135NO10. The molecule has 1 saturated heterocycles. The van der Waals surface area contributed by atoms with Crippen molar-refractivity contribution in [1.82, 2.24) is 5.32 Å². The molecule has 1 amide bonds. The number of carbonyl (C=O) groups excluding carboxylic acids is 2. The van der Waals surface area contributed by atoms with Gasteiger partial charge < -0.3 is 45.1 Å². The molecule has 0 aromatic heterocycles. The normalized spacial score (nSPS) is 18.3. The number of ether oxygens (including phenoxy) is 3. The Labute approximate surface area is 522 Å². The molecule has 7 unspecified atom stereocenters. The summed E-state index contributed by atoms with van der Waals surface area (Å²) in [5.41, 5.74) is 0. The minimum Gasteiger partial charge on any atom is -0.466 e. The maximum atomic E-state index is 13.0. The summed E-state index contributed by atoms with van der Waals surface area (Å²) >= 11 is 0. The Hall–Kier alpha value is -2.64. The van der Waals surface area contributed by atoms with Crippen LogP contribution in [0, 0.1) is 0 Å². The van der Waals surface area contributed by atoms with E-state index in [1.54, 1.807) is 6.08 Å². The smallest absolute Gasteiger partial charge is 0.305 e. The van der Waals surface area contributed by atoms with Gasteiger partial charge in [-0.25, -0.2) is 0 Å². The van der Waals surface area contributed by atoms with Crippen molar-refractivity contribution in [3.63, 3.8) is 0 Å². The first kappa shape index (κ1) is 80.4. The fourth-order valence-electron chi connectivity index (χ4n) is 11.1. The van der Waals surface area contributed by atoms with E-state index in [0.29, 0.717) is 19.4 Å². The zero-order valence-corrected chi connectivity index (χ0v) is 55.1. The molecular weight excluding hydrogens is 1060 g/mol. The van der Waals surface area contributed by atoms with Gasteiger partial charge in [0.25, 0.3) is 0 Å². The molecule has 0 aromatic rings. The van der Waals surface area contributed by atoms with Gasteiger partial charge in [0.05, 0.1) is 32.0 Å². The van der Waals surface area contributed by atoms with E-state index in [1.807, 2.05) is 6.08 Å². The van der Waals surface area contributed by atoms with Crippen molar-refractivity contribution in [2.45, 2.75) is 378 Å². The van der Waals surface area contributed by atoms with E-state index in [-0.39, 0.29) is 18.5 Å². The second-order valence-electron chi connectivity index (χ2n) is 24.9. The predicted molar refractivity (Wildman–Crippen MR) is 357 cm³/mol. The van der Waals surface area contributed by atoms with Crippen LogP contribution in [0.3, 0.4) is 0 Å². The Balaban J connectivity index is 1.90. The standard InChI is InChI=1S/C74H135NO10/c1-3-5-7-9-11-13-41-46-50-54-58-62-70(79)83-63-59-55-51-47-43-40-38-36-34-32-30-28-26-24-22-20-18-16-14-15-17-19-21-23-25-27-29-31-33-35-37-39-42-45-49-53-57-61-69(78)75-66(67(77)60-56-52-48-44-12-10-8-6-4-2)65-84-74-73(82)72(81)71(80)68(64-76)85-74/h9,11-12,14,16,20,22,44,56,60,66-68,71-74,76-77,80-82H,3-8,10,13,15,17-19,21,23-43,45-55,57-59,61-65H2,1-2H3,(H,75,78)/b11-9-,16-14-,22-20-,44-12+,60-56+. The van der Waals surface area contributed by atoms with Crippen molar-refractivity contribution >= 4 is 11.9 Å². The van der Waals surface area contributed by atoms with E-state index in [1.165, 1.54) is 244 Å². The second kappa shape index (κ2) is 62.9. The van der Waals surface area contributed by atoms with Crippen molar-refractivity contribution < 1.29 is 49.3 Å². The summed E-state index contributed by atoms with van der Waals surface area (Å²) in [4.78, 5) is 25.0. The number of aliphatic hydroxyl groups is 5. The van der Waals surface area contributed by atoms with Crippen molar-refractivity contribution in [3.8, 4) is 0 Å². The van der Waals surface area contributed by atoms with Crippen LogP contribution in [0.5, 0.6) is 0 Å². The van der Waals surface area contributed by atoms with Crippen LogP contribution in [0.4, 0.5) is 0 Å². The first-order chi connectivity index (χ1) is 41.7. The fourth-order valence-corrected chi connectivity index (χ4v) is 11.1. The number of hydrogen-bond acceptors (Lipinski definition) is 10. The SMILES string of the molecule is CCCC/C=C\CCCCCCCC(=O)OCCCCCCCCCCCCCCC/C=C\C/C=C\CCCCCCCCCCCCCCCCCCCC(=O)NC(COC1OC(CO)C(O)C(O)C1O)C(O)/C=C/CC/C=C/CCCCC. The number of nitrogens with one attached hydrogen (secondary N) is 1. The number of esters is 1. The van der Waals surface area contributed by atoms with Crippen molar-refractivity contribution in [2.75, 3.05) is 19.8 Å². The molecule has 1 aliphatic rings. The summed E-state index contributed by atoms with van der Waals surface area (Å²) in [5, 5.41) is 54.2. The van der Waals surface area contributed by atoms with Gasteiger partial charge in [-0.1, -0.05) is 286 Å². The van der Waals surface area contributed by atoms with E-state index in [4.69, 9.17) is 14.2 Å². The third-order valence-corrected chi connectivity index (χ3v) is 16.8. The zero-order chi connectivity index (χ0) is 61.6. The number of allylic oxidation sites excluding steroid dienone is 9. The highest BCUT2D eigenvalue weighted by Crippen LogP contribution is 2.23. The molecule has 6 N–H and O–H groups in total. The van der Waals surface area contributed by atoms with E-state index in [9.17, 15) is 35.1 Å². The van der Waals surface area contributed by atoms with Gasteiger partial charge >= 0.3 is 5.97 Å². The van der Waals surface area contributed by atoms with E-state index in [2.05, 4.69) is 67.8 Å². The molecule has 1 fully saturated rings. The minimum absolute atomic E-state index is 0.000963. The summed E-state index contributed by atoms with van der Waals surface area (Å²) in [6, 6.07) is -0.825. The Morgan fingerprint density at radius 2 is 0.812 bits per heavy atom. The summed E-state index contributed by atoms with van der Waals surface area (Å²) in [7, 11) is 0. The first-order valence-corrected chi connectivity index (χ1v) is 36.1. The fraction of sp³-hybridized carbons (Fsp3) is 0.838. The Morgan fingerprint density at radius 1 is 0.435 bits per heavy atom. The lowest BCUT2D eigenvalue weighted by Gasteiger charge is -2.40. The minimum atomic E-state index is -1.57. The maximum absolute atomic E-state index is 13.0. The third-order valence-electron chi connectivity index (χ3n) is 16.8. The molecule has 85 heavy (non-hydrogen) atoms. The Kier molecular flexibility index (Phi) is 59.5. The second-order valence-corrected chi connectivity index (χ2v) is 24.9.